The van der Waals surface area contributed by atoms with E-state index in [4.69, 9.17) is 15.9 Å². The zero-order chi connectivity index (χ0) is 31.5. The van der Waals surface area contributed by atoms with Gasteiger partial charge in [0.05, 0.1) is 28.9 Å². The second-order valence-electron chi connectivity index (χ2n) is 11.1. The predicted molar refractivity (Wildman–Crippen MR) is 157 cm³/mol. The van der Waals surface area contributed by atoms with Gasteiger partial charge in [-0.25, -0.2) is 15.0 Å². The number of likely N-dealkylation sites (tertiary alicyclic amines) is 1. The van der Waals surface area contributed by atoms with E-state index in [0.29, 0.717) is 31.1 Å². The third-order valence-electron chi connectivity index (χ3n) is 8.13. The molecule has 1 saturated carbocycles. The molecule has 14 heteroatoms. The van der Waals surface area contributed by atoms with Crippen molar-refractivity contribution in [2.75, 3.05) is 43.2 Å². The van der Waals surface area contributed by atoms with Crippen LogP contribution >= 0.6 is 0 Å². The molecule has 5 rings (SSSR count). The quantitative estimate of drug-likeness (QED) is 0.260. The Morgan fingerprint density at radius 1 is 1.11 bits per heavy atom. The molecule has 3 aromatic rings. The summed E-state index contributed by atoms with van der Waals surface area (Å²) in [5.74, 6) is -0.349. The molecule has 1 aromatic carbocycles. The number of rotatable bonds is 9. The number of benzene rings is 1. The maximum absolute atomic E-state index is 13.4. The molecule has 2 aliphatic rings. The van der Waals surface area contributed by atoms with Gasteiger partial charge in [-0.05, 0) is 49.9 Å². The molecule has 2 aromatic heterocycles. The minimum absolute atomic E-state index is 0.00867. The summed E-state index contributed by atoms with van der Waals surface area (Å²) in [4.78, 5) is 40.2. The Morgan fingerprint density at radius 3 is 2.50 bits per heavy atom. The van der Waals surface area contributed by atoms with Crippen LogP contribution in [-0.2, 0) is 15.7 Å². The fourth-order valence-corrected chi connectivity index (χ4v) is 5.66. The number of nitrogen functional groups attached to an aromatic ring is 1. The lowest BCUT2D eigenvalue weighted by Crippen LogP contribution is -2.54. The lowest BCUT2D eigenvalue weighted by Gasteiger charge is -2.45. The first-order chi connectivity index (χ1) is 21.0. The maximum atomic E-state index is 13.4. The van der Waals surface area contributed by atoms with Crippen LogP contribution < -0.4 is 16.4 Å². The lowest BCUT2D eigenvalue weighted by atomic mass is 9.68. The summed E-state index contributed by atoms with van der Waals surface area (Å²) in [6, 6.07) is 7.39. The standard InChI is InChI=1S/C30H33F3N8O3/c1-44-16-29(10-3-11-29)28(43)41-13-2-4-21(15-41)39-26-23(25(35)37-17-38-26)24(34)18-5-7-19(8-6-18)27(42)40-22-14-20(9-12-36-22)30(31,32)33/h5-9,12,14,17,21,34H,2-4,10-11,13,15-16H2,1H3,(H,36,40,42)(H3,35,37,38,39). The van der Waals surface area contributed by atoms with Crippen molar-refractivity contribution in [3.05, 3.63) is 71.2 Å². The topological polar surface area (TPSA) is 159 Å². The van der Waals surface area contributed by atoms with Crippen molar-refractivity contribution in [3.8, 4) is 0 Å². The fraction of sp³-hybridized carbons (Fsp3) is 0.400. The number of pyridine rings is 1. The van der Waals surface area contributed by atoms with Gasteiger partial charge in [-0.1, -0.05) is 18.6 Å². The Morgan fingerprint density at radius 2 is 1.84 bits per heavy atom. The van der Waals surface area contributed by atoms with Gasteiger partial charge in [-0.15, -0.1) is 0 Å². The summed E-state index contributed by atoms with van der Waals surface area (Å²) in [5, 5.41) is 14.6. The first kappa shape index (κ1) is 30.9. The number of amides is 2. The Hall–Kier alpha value is -4.59. The Bertz CT molecular complexity index is 1540. The van der Waals surface area contributed by atoms with Gasteiger partial charge in [-0.2, -0.15) is 13.2 Å². The molecular weight excluding hydrogens is 577 g/mol. The van der Waals surface area contributed by atoms with E-state index in [1.54, 1.807) is 7.11 Å². The molecule has 44 heavy (non-hydrogen) atoms. The van der Waals surface area contributed by atoms with Crippen molar-refractivity contribution >= 4 is 35.0 Å². The van der Waals surface area contributed by atoms with E-state index >= 15 is 0 Å². The third kappa shape index (κ3) is 6.49. The van der Waals surface area contributed by atoms with Crippen LogP contribution in [0.1, 0.15) is 59.2 Å². The number of anilines is 3. The maximum Gasteiger partial charge on any atom is 0.416 e. The third-order valence-corrected chi connectivity index (χ3v) is 8.13. The minimum atomic E-state index is -4.57. The SMILES string of the molecule is COCC1(C(=O)N2CCCC(Nc3ncnc(N)c3C(=N)c3ccc(C(=O)Nc4cc(C(F)(F)F)ccn4)cc3)C2)CCC1. The Balaban J connectivity index is 1.28. The van der Waals surface area contributed by atoms with Crippen LogP contribution in [-0.4, -0.2) is 70.2 Å². The number of hydrogen-bond acceptors (Lipinski definition) is 9. The van der Waals surface area contributed by atoms with E-state index in [2.05, 4.69) is 25.6 Å². The number of ether oxygens (including phenoxy) is 1. The first-order valence-corrected chi connectivity index (χ1v) is 14.2. The largest absolute Gasteiger partial charge is 0.416 e. The van der Waals surface area contributed by atoms with Gasteiger partial charge in [-0.3, -0.25) is 15.0 Å². The average molecular weight is 611 g/mol. The van der Waals surface area contributed by atoms with Crippen molar-refractivity contribution in [1.82, 2.24) is 19.9 Å². The van der Waals surface area contributed by atoms with Crippen LogP contribution in [0.15, 0.2) is 48.9 Å². The van der Waals surface area contributed by atoms with Crippen LogP contribution in [0.2, 0.25) is 0 Å². The summed E-state index contributed by atoms with van der Waals surface area (Å²) in [6.45, 7) is 1.55. The molecule has 232 valence electrons. The van der Waals surface area contributed by atoms with Gasteiger partial charge < -0.3 is 26.0 Å². The summed E-state index contributed by atoms with van der Waals surface area (Å²) in [6.07, 6.45) is 1.95. The minimum Gasteiger partial charge on any atom is -0.384 e. The first-order valence-electron chi connectivity index (χ1n) is 14.2. The molecule has 5 N–H and O–H groups in total. The number of carbonyl (C=O) groups is 2. The van der Waals surface area contributed by atoms with Crippen LogP contribution in [0.3, 0.4) is 0 Å². The zero-order valence-corrected chi connectivity index (χ0v) is 24.1. The van der Waals surface area contributed by atoms with Gasteiger partial charge in [0.1, 0.15) is 23.8 Å². The smallest absolute Gasteiger partial charge is 0.384 e. The molecule has 11 nitrogen and oxygen atoms in total. The molecular formula is C30H33F3N8O3. The van der Waals surface area contributed by atoms with E-state index in [9.17, 15) is 22.8 Å². The van der Waals surface area contributed by atoms with E-state index in [1.165, 1.54) is 30.6 Å². The Kier molecular flexibility index (Phi) is 8.81. The van der Waals surface area contributed by atoms with Gasteiger partial charge in [0.25, 0.3) is 5.91 Å². The molecule has 1 aliphatic carbocycles. The number of piperidine rings is 1. The van der Waals surface area contributed by atoms with Crippen molar-refractivity contribution < 1.29 is 27.5 Å². The highest BCUT2D eigenvalue weighted by Crippen LogP contribution is 2.43. The van der Waals surface area contributed by atoms with Crippen molar-refractivity contribution in [2.45, 2.75) is 44.3 Å². The van der Waals surface area contributed by atoms with Crippen molar-refractivity contribution in [1.29, 1.82) is 5.41 Å². The van der Waals surface area contributed by atoms with Gasteiger partial charge >= 0.3 is 6.18 Å². The summed E-state index contributed by atoms with van der Waals surface area (Å²) < 4.78 is 44.4. The zero-order valence-electron chi connectivity index (χ0n) is 24.1. The number of nitrogens with two attached hydrogens (primary N) is 1. The Labute approximate surface area is 251 Å². The second-order valence-corrected chi connectivity index (χ2v) is 11.1. The van der Waals surface area contributed by atoms with E-state index in [0.717, 1.165) is 50.4 Å². The highest BCUT2D eigenvalue weighted by Gasteiger charge is 2.47. The fourth-order valence-electron chi connectivity index (χ4n) is 5.66. The molecule has 0 radical (unpaired) electrons. The number of aromatic nitrogens is 3. The number of nitrogens with one attached hydrogen (secondary N) is 3. The van der Waals surface area contributed by atoms with Gasteiger partial charge in [0.15, 0.2) is 0 Å². The van der Waals surface area contributed by atoms with E-state index < -0.39 is 23.1 Å². The van der Waals surface area contributed by atoms with Crippen molar-refractivity contribution in [2.24, 2.45) is 5.41 Å². The molecule has 1 atom stereocenters. The van der Waals surface area contributed by atoms with Crippen molar-refractivity contribution in [3.63, 3.8) is 0 Å². The second kappa shape index (κ2) is 12.6. The molecule has 0 bridgehead atoms. The van der Waals surface area contributed by atoms with Crippen LogP contribution in [0.5, 0.6) is 0 Å². The number of methoxy groups -OCH3 is 1. The molecule has 1 aliphatic heterocycles. The van der Waals surface area contributed by atoms with Crippen LogP contribution in [0, 0.1) is 10.8 Å². The summed E-state index contributed by atoms with van der Waals surface area (Å²) in [7, 11) is 1.62. The molecule has 3 heterocycles. The average Bonchev–Trinajstić information content (AvgIpc) is 2.98. The number of carbonyl (C=O) groups excluding carboxylic acids is 2. The van der Waals surface area contributed by atoms with Gasteiger partial charge in [0.2, 0.25) is 5.91 Å². The molecule has 1 unspecified atom stereocenters. The highest BCUT2D eigenvalue weighted by atomic mass is 19.4. The number of halogens is 3. The summed E-state index contributed by atoms with van der Waals surface area (Å²) >= 11 is 0. The highest BCUT2D eigenvalue weighted by molar-refractivity contribution is 6.16. The van der Waals surface area contributed by atoms with Gasteiger partial charge in [0, 0.05) is 43.6 Å². The summed E-state index contributed by atoms with van der Waals surface area (Å²) in [5.41, 5.74) is 5.67. The van der Waals surface area contributed by atoms with Crippen LogP contribution in [0.4, 0.5) is 30.6 Å². The lowest BCUT2D eigenvalue weighted by molar-refractivity contribution is -0.153. The number of hydrogen-bond donors (Lipinski definition) is 4. The molecule has 0 spiro atoms. The van der Waals surface area contributed by atoms with E-state index in [-0.39, 0.29) is 40.4 Å². The monoisotopic (exact) mass is 610 g/mol. The number of nitrogens with zero attached hydrogens (tertiary/aromatic N) is 4. The molecule has 2 fully saturated rings. The molecule has 2 amide bonds. The van der Waals surface area contributed by atoms with E-state index in [1.807, 2.05) is 4.90 Å². The predicted octanol–water partition coefficient (Wildman–Crippen LogP) is 4.36. The number of alkyl halides is 3. The normalized spacial score (nSPS) is 17.8. The molecule has 1 saturated heterocycles. The van der Waals surface area contributed by atoms with Crippen LogP contribution in [0.25, 0.3) is 0 Å².